The average molecular weight is 1480 g/mol. The van der Waals surface area contributed by atoms with Gasteiger partial charge in [-0.15, -0.1) is 0 Å². The first-order valence-corrected chi connectivity index (χ1v) is 38.1. The van der Waals surface area contributed by atoms with Crippen LogP contribution in [0, 0.1) is 34.9 Å². The van der Waals surface area contributed by atoms with Gasteiger partial charge in [-0.1, -0.05) is 176 Å². The molecule has 0 N–H and O–H groups in total. The molecule has 0 unspecified atom stereocenters. The van der Waals surface area contributed by atoms with Crippen molar-refractivity contribution in [1.29, 1.82) is 0 Å². The zero-order valence-electron chi connectivity index (χ0n) is 59.4. The summed E-state index contributed by atoms with van der Waals surface area (Å²) in [5.41, 5.74) is 14.9. The van der Waals surface area contributed by atoms with Gasteiger partial charge in [0.15, 0.2) is 0 Å². The summed E-state index contributed by atoms with van der Waals surface area (Å²) in [5.74, 6) is -2.13. The number of ether oxygens (including phenoxy) is 3. The van der Waals surface area contributed by atoms with E-state index >= 15 is 26.3 Å². The molecule has 12 heterocycles. The molecule has 0 saturated carbocycles. The SMILES string of the molecule is Fc1cccc(F)c1N1c2cc3c(cc2B2c4ccccc4Oc4c2c1c1c2ccccc2n2c5ccccc5c4c12)B1c2cc4c(cc2N(c2c(F)cccc2F)c2c1c(c1c5ccccc5n5c6ccccc6c2c15)O3)N(c1c(F)cccc1F)c1c2c(c3c5ccccc5n5c6ccccc6c1c35)Oc1ccccc1B42. The fourth-order valence-corrected chi connectivity index (χ4v) is 21.9. The second-order valence-corrected chi connectivity index (χ2v) is 31.0. The van der Waals surface area contributed by atoms with Gasteiger partial charge in [-0.3, -0.25) is 0 Å². The summed E-state index contributed by atoms with van der Waals surface area (Å²) < 4.78 is 140. The minimum absolute atomic E-state index is 0.298. The molecule has 6 aliphatic rings. The summed E-state index contributed by atoms with van der Waals surface area (Å²) in [6, 6.07) is 84.6. The Hall–Kier alpha value is -14.5. The smallest absolute Gasteiger partial charge is 0.256 e. The van der Waals surface area contributed by atoms with Gasteiger partial charge in [0.05, 0.1) is 82.9 Å². The van der Waals surface area contributed by atoms with E-state index in [-0.39, 0.29) is 11.4 Å². The number of hydrogen-bond donors (Lipinski definition) is 0. The minimum Gasteiger partial charge on any atom is -0.458 e. The fourth-order valence-electron chi connectivity index (χ4n) is 21.9. The maximum atomic E-state index is 18.6. The van der Waals surface area contributed by atoms with Crippen LogP contribution in [-0.2, 0) is 0 Å². The number of benzene rings is 16. The second-order valence-electron chi connectivity index (χ2n) is 31.0. The monoisotopic (exact) mass is 1480 g/mol. The molecule has 0 spiro atoms. The van der Waals surface area contributed by atoms with Crippen LogP contribution in [0.4, 0.5) is 77.5 Å². The van der Waals surface area contributed by atoms with Gasteiger partial charge in [-0.2, -0.15) is 0 Å². The van der Waals surface area contributed by atoms with Gasteiger partial charge in [0.1, 0.15) is 86.5 Å². The number of fused-ring (bicyclic) bond motifs is 36. The molecule has 28 rings (SSSR count). The third-order valence-corrected chi connectivity index (χ3v) is 25.9. The van der Waals surface area contributed by atoms with Crippen LogP contribution in [0.3, 0.4) is 0 Å². The standard InChI is InChI=1S/C96H45B3F6N6O3/c100-58-28-17-29-59(101)85(58)109-70-44-71-55(42-54(70)97-52-26-7-15-40-73(52)112-94-79-49-23-4-12-37-67(49)106-64-34-9-1-20-46(64)76(88(79)106)91(109)82(94)97)99-57-43-56-72(45-75(57)114-96-81-51-25-6-14-39-69(51)108-66-36-11-3-22-48(66)78(90(81)108)93(84(96)99)110(71)86-60(102)30-18-31-61(86)103)111(87-62(104)32-19-33-63(87)105)92-77-47-21-2-10-35-65(47)107-68-38-13-5-24-50(68)80(89(77)107)95-83(92)98(56)53-27-8-16-41-74(53)113-95/h1-45H. The largest absolute Gasteiger partial charge is 0.458 e. The van der Waals surface area contributed by atoms with Crippen LogP contribution in [0.2, 0.25) is 0 Å². The molecule has 0 aliphatic carbocycles. The maximum absolute atomic E-state index is 18.6. The van der Waals surface area contributed by atoms with E-state index in [4.69, 9.17) is 14.2 Å². The zero-order chi connectivity index (χ0) is 74.6. The van der Waals surface area contributed by atoms with E-state index in [9.17, 15) is 0 Å². The maximum Gasteiger partial charge on any atom is 0.256 e. The van der Waals surface area contributed by atoms with Crippen molar-refractivity contribution in [3.63, 3.8) is 0 Å². The van der Waals surface area contributed by atoms with Gasteiger partial charge in [0.2, 0.25) is 0 Å². The molecule has 0 bridgehead atoms. The van der Waals surface area contributed by atoms with Gasteiger partial charge in [0.25, 0.3) is 20.1 Å². The lowest BCUT2D eigenvalue weighted by Gasteiger charge is -2.45. The van der Waals surface area contributed by atoms with Crippen molar-refractivity contribution in [2.75, 3.05) is 14.7 Å². The molecule has 0 amide bonds. The molecule has 528 valence electrons. The molecule has 6 aromatic heterocycles. The van der Waals surface area contributed by atoms with E-state index in [1.165, 1.54) is 54.6 Å². The Morgan fingerprint density at radius 1 is 0.219 bits per heavy atom. The molecule has 0 atom stereocenters. The van der Waals surface area contributed by atoms with Crippen LogP contribution in [0.25, 0.3) is 114 Å². The van der Waals surface area contributed by atoms with Crippen LogP contribution in [0.15, 0.2) is 273 Å². The number of rotatable bonds is 3. The summed E-state index contributed by atoms with van der Waals surface area (Å²) in [6.45, 7) is -2.41. The topological polar surface area (TPSA) is 50.6 Å². The van der Waals surface area contributed by atoms with E-state index in [2.05, 4.69) is 98.1 Å². The predicted molar refractivity (Wildman–Crippen MR) is 448 cm³/mol. The van der Waals surface area contributed by atoms with Crippen molar-refractivity contribution < 1.29 is 40.6 Å². The molecule has 0 saturated heterocycles. The van der Waals surface area contributed by atoms with Crippen LogP contribution in [0.5, 0.6) is 34.5 Å². The Bertz CT molecular complexity index is 8290. The highest BCUT2D eigenvalue weighted by Crippen LogP contribution is 2.60. The summed E-state index contributed by atoms with van der Waals surface area (Å²) in [7, 11) is 0. The Kier molecular flexibility index (Phi) is 10.9. The summed E-state index contributed by atoms with van der Waals surface area (Å²) in [4.78, 5) is 5.16. The van der Waals surface area contributed by atoms with Gasteiger partial charge in [0, 0.05) is 71.6 Å². The van der Waals surface area contributed by atoms with Gasteiger partial charge in [-0.05, 0) is 140 Å². The highest BCUT2D eigenvalue weighted by Gasteiger charge is 2.54. The number of halogens is 6. The van der Waals surface area contributed by atoms with Crippen LogP contribution in [-0.4, -0.2) is 33.3 Å². The van der Waals surface area contributed by atoms with Crippen molar-refractivity contribution in [2.45, 2.75) is 0 Å². The number of para-hydroxylation sites is 11. The van der Waals surface area contributed by atoms with Gasteiger partial charge >= 0.3 is 0 Å². The highest BCUT2D eigenvalue weighted by atomic mass is 19.2. The van der Waals surface area contributed by atoms with Crippen molar-refractivity contribution in [3.8, 4) is 34.5 Å². The Balaban J connectivity index is 0.832. The molecular weight excluding hydrogens is 1430 g/mol. The first kappa shape index (κ1) is 60.3. The Morgan fingerprint density at radius 2 is 0.482 bits per heavy atom. The van der Waals surface area contributed by atoms with Gasteiger partial charge < -0.3 is 42.1 Å². The molecule has 22 aromatic rings. The first-order valence-electron chi connectivity index (χ1n) is 38.1. The van der Waals surface area contributed by atoms with E-state index in [0.717, 1.165) is 114 Å². The molecular formula is C96H45B3F6N6O3. The molecule has 114 heavy (non-hydrogen) atoms. The van der Waals surface area contributed by atoms with Gasteiger partial charge in [-0.25, -0.2) is 26.3 Å². The lowest BCUT2D eigenvalue weighted by molar-refractivity contribution is 0.493. The lowest BCUT2D eigenvalue weighted by Crippen LogP contribution is -2.65. The Labute approximate surface area is 641 Å². The first-order chi connectivity index (χ1) is 56.2. The highest BCUT2D eigenvalue weighted by molar-refractivity contribution is 7.04. The predicted octanol–water partition coefficient (Wildman–Crippen LogP) is 19.2. The third-order valence-electron chi connectivity index (χ3n) is 25.9. The number of nitrogens with zero attached hydrogens (tertiary/aromatic N) is 6. The van der Waals surface area contributed by atoms with E-state index in [1.54, 1.807) is 14.7 Å². The quantitative estimate of drug-likeness (QED) is 0.130. The fraction of sp³-hybridized carbons (Fsp3) is 0. The average Bonchev–Trinajstić information content (AvgIpc) is 1.40. The normalized spacial score (nSPS) is 14.2. The third kappa shape index (κ3) is 6.87. The molecule has 6 aliphatic heterocycles. The summed E-state index contributed by atoms with van der Waals surface area (Å²) in [6.07, 6.45) is 0. The van der Waals surface area contributed by atoms with E-state index in [0.29, 0.717) is 118 Å². The summed E-state index contributed by atoms with van der Waals surface area (Å²) in [5, 5.41) is 9.70. The lowest BCUT2D eigenvalue weighted by atomic mass is 9.29. The molecule has 0 radical (unpaired) electrons. The Morgan fingerprint density at radius 3 is 0.816 bits per heavy atom. The van der Waals surface area contributed by atoms with E-state index in [1.807, 2.05) is 133 Å². The molecule has 0 fully saturated rings. The van der Waals surface area contributed by atoms with Crippen LogP contribution < -0.4 is 78.1 Å². The number of anilines is 9. The summed E-state index contributed by atoms with van der Waals surface area (Å²) >= 11 is 0. The number of hydrogen-bond acceptors (Lipinski definition) is 6. The van der Waals surface area contributed by atoms with Crippen LogP contribution in [0.1, 0.15) is 0 Å². The van der Waals surface area contributed by atoms with Crippen molar-refractivity contribution in [1.82, 2.24) is 13.2 Å². The number of aromatic nitrogens is 3. The molecule has 16 aromatic carbocycles. The molecule has 9 nitrogen and oxygen atoms in total. The van der Waals surface area contributed by atoms with E-state index < -0.39 is 60.7 Å². The van der Waals surface area contributed by atoms with Crippen molar-refractivity contribution in [3.05, 3.63) is 308 Å². The molecule has 18 heteroatoms. The van der Waals surface area contributed by atoms with Crippen molar-refractivity contribution in [2.24, 2.45) is 0 Å². The van der Waals surface area contributed by atoms with Crippen LogP contribution >= 0.6 is 0 Å². The zero-order valence-corrected chi connectivity index (χ0v) is 59.4. The second kappa shape index (κ2) is 20.5. The van der Waals surface area contributed by atoms with Crippen molar-refractivity contribution >= 4 is 235 Å². The minimum atomic E-state index is -0.954.